The third-order valence-electron chi connectivity index (χ3n) is 7.78. The molecule has 3 aliphatic rings. The molecule has 2 aliphatic heterocycles. The van der Waals surface area contributed by atoms with Gasteiger partial charge in [-0.1, -0.05) is 43.2 Å². The van der Waals surface area contributed by atoms with Crippen molar-refractivity contribution >= 4 is 51.8 Å². The van der Waals surface area contributed by atoms with Gasteiger partial charge in [-0.15, -0.1) is 0 Å². The van der Waals surface area contributed by atoms with E-state index in [0.717, 1.165) is 31.4 Å². The Morgan fingerprint density at radius 3 is 2.32 bits per heavy atom. The van der Waals surface area contributed by atoms with Crippen LogP contribution in [0.2, 0.25) is 0 Å². The largest absolute Gasteiger partial charge is 0.368 e. The van der Waals surface area contributed by atoms with Gasteiger partial charge in [-0.05, 0) is 55.7 Å². The fourth-order valence-electron chi connectivity index (χ4n) is 5.69. The predicted molar refractivity (Wildman–Crippen MR) is 154 cm³/mol. The van der Waals surface area contributed by atoms with Crippen LogP contribution in [-0.4, -0.2) is 51.9 Å². The van der Waals surface area contributed by atoms with E-state index in [1.165, 1.54) is 34.9 Å². The molecule has 1 amide bonds. The minimum atomic E-state index is -0.354. The molecule has 1 aromatic carbocycles. The Morgan fingerprint density at radius 2 is 1.68 bits per heavy atom. The smallest absolute Gasteiger partial charge is 0.270 e. The van der Waals surface area contributed by atoms with Crippen molar-refractivity contribution in [2.75, 3.05) is 36.0 Å². The first kappa shape index (κ1) is 26.4. The number of hydrogen-bond acceptors (Lipinski definition) is 7. The molecule has 3 fully saturated rings. The molecule has 2 saturated heterocycles. The molecule has 1 aromatic heterocycles. The first-order valence-electron chi connectivity index (χ1n) is 13.0. The Bertz CT molecular complexity index is 1400. The van der Waals surface area contributed by atoms with Crippen LogP contribution < -0.4 is 15.4 Å². The summed E-state index contributed by atoms with van der Waals surface area (Å²) in [5.74, 6) is 0.327. The standard InChI is InChI=1S/C28H30FN5O2S2/c1-18-22(16-24-27(36)34(28(37)38-24)21-6-4-3-5-7-21)25(31(2)26(35)23(18)17-30)33-14-12-32(13-15-33)20-10-8-19(29)9-11-20/h8-11,16,21H,3-7,12-15H2,1-2H3. The summed E-state index contributed by atoms with van der Waals surface area (Å²) >= 11 is 6.92. The van der Waals surface area contributed by atoms with Gasteiger partial charge in [0.05, 0.1) is 4.91 Å². The molecule has 38 heavy (non-hydrogen) atoms. The van der Waals surface area contributed by atoms with Crippen molar-refractivity contribution in [3.05, 3.63) is 62.0 Å². The molecule has 0 bridgehead atoms. The number of carbonyl (C=O) groups is 1. The number of nitriles is 1. The normalized spacial score (nSPS) is 19.9. The number of pyridine rings is 1. The van der Waals surface area contributed by atoms with E-state index in [1.807, 2.05) is 6.08 Å². The van der Waals surface area contributed by atoms with Gasteiger partial charge in [-0.3, -0.25) is 19.1 Å². The number of anilines is 2. The Balaban J connectivity index is 1.49. The third-order valence-corrected chi connectivity index (χ3v) is 9.11. The quantitative estimate of drug-likeness (QED) is 0.407. The maximum Gasteiger partial charge on any atom is 0.270 e. The number of halogens is 1. The third kappa shape index (κ3) is 4.85. The summed E-state index contributed by atoms with van der Waals surface area (Å²) in [4.78, 5) is 33.2. The first-order valence-corrected chi connectivity index (χ1v) is 14.2. The molecule has 2 aromatic rings. The fraction of sp³-hybridized carbons (Fsp3) is 0.429. The average Bonchev–Trinajstić information content (AvgIpc) is 3.21. The number of nitrogens with zero attached hydrogens (tertiary/aromatic N) is 5. The lowest BCUT2D eigenvalue weighted by molar-refractivity contribution is -0.124. The number of rotatable bonds is 4. The Morgan fingerprint density at radius 1 is 1.05 bits per heavy atom. The lowest BCUT2D eigenvalue weighted by atomic mass is 9.94. The van der Waals surface area contributed by atoms with E-state index >= 15 is 0 Å². The molecule has 0 N–H and O–H groups in total. The van der Waals surface area contributed by atoms with Crippen LogP contribution in [0, 0.1) is 24.1 Å². The van der Waals surface area contributed by atoms with E-state index in [2.05, 4.69) is 15.9 Å². The molecular weight excluding hydrogens is 521 g/mol. The highest BCUT2D eigenvalue weighted by Crippen LogP contribution is 2.39. The molecule has 5 rings (SSSR count). The van der Waals surface area contributed by atoms with E-state index in [0.29, 0.717) is 52.3 Å². The van der Waals surface area contributed by atoms with Crippen LogP contribution in [-0.2, 0) is 11.8 Å². The summed E-state index contributed by atoms with van der Waals surface area (Å²) in [6, 6.07) is 8.65. The Labute approximate surface area is 231 Å². The van der Waals surface area contributed by atoms with Crippen molar-refractivity contribution in [1.82, 2.24) is 9.47 Å². The van der Waals surface area contributed by atoms with Crippen molar-refractivity contribution in [2.45, 2.75) is 45.1 Å². The minimum absolute atomic E-state index is 0.0789. The SMILES string of the molecule is Cc1c(C=C2SC(=S)N(C3CCCCC3)C2=O)c(N2CCN(c3ccc(F)cc3)CC2)n(C)c(=O)c1C#N. The molecule has 0 radical (unpaired) electrons. The van der Waals surface area contributed by atoms with Gasteiger partial charge in [0.1, 0.15) is 27.6 Å². The summed E-state index contributed by atoms with van der Waals surface area (Å²) in [6.45, 7) is 4.38. The van der Waals surface area contributed by atoms with Crippen LogP contribution in [0.1, 0.15) is 48.8 Å². The molecule has 1 saturated carbocycles. The van der Waals surface area contributed by atoms with E-state index < -0.39 is 0 Å². The van der Waals surface area contributed by atoms with E-state index in [-0.39, 0.29) is 28.9 Å². The number of piperazine rings is 1. The van der Waals surface area contributed by atoms with Crippen LogP contribution in [0.15, 0.2) is 34.0 Å². The monoisotopic (exact) mass is 551 g/mol. The molecule has 0 unspecified atom stereocenters. The lowest BCUT2D eigenvalue weighted by Crippen LogP contribution is -2.48. The van der Waals surface area contributed by atoms with Gasteiger partial charge in [-0.25, -0.2) is 4.39 Å². The van der Waals surface area contributed by atoms with Crippen LogP contribution in [0.5, 0.6) is 0 Å². The highest BCUT2D eigenvalue weighted by molar-refractivity contribution is 8.26. The van der Waals surface area contributed by atoms with Gasteiger partial charge in [0.2, 0.25) is 0 Å². The number of benzene rings is 1. The van der Waals surface area contributed by atoms with Gasteiger partial charge < -0.3 is 9.80 Å². The summed E-state index contributed by atoms with van der Waals surface area (Å²) in [5.41, 5.74) is 1.93. The molecule has 0 spiro atoms. The maximum atomic E-state index is 13.5. The second kappa shape index (κ2) is 10.9. The molecular formula is C28H30FN5O2S2. The summed E-state index contributed by atoms with van der Waals surface area (Å²) in [7, 11) is 1.68. The van der Waals surface area contributed by atoms with E-state index in [4.69, 9.17) is 12.2 Å². The molecule has 0 atom stereocenters. The zero-order valence-electron chi connectivity index (χ0n) is 21.6. The molecule has 7 nitrogen and oxygen atoms in total. The van der Waals surface area contributed by atoms with Crippen molar-refractivity contribution in [1.29, 1.82) is 5.26 Å². The first-order chi connectivity index (χ1) is 18.3. The van der Waals surface area contributed by atoms with Gasteiger partial charge >= 0.3 is 0 Å². The second-order valence-electron chi connectivity index (χ2n) is 10.0. The number of aromatic nitrogens is 1. The number of thiocarbonyl (C=S) groups is 1. The Hall–Kier alpha value is -3.16. The van der Waals surface area contributed by atoms with Crippen LogP contribution >= 0.6 is 24.0 Å². The van der Waals surface area contributed by atoms with Crippen LogP contribution in [0.25, 0.3) is 6.08 Å². The van der Waals surface area contributed by atoms with Crippen molar-refractivity contribution in [2.24, 2.45) is 7.05 Å². The number of amides is 1. The summed E-state index contributed by atoms with van der Waals surface area (Å²) in [5, 5.41) is 9.76. The predicted octanol–water partition coefficient (Wildman–Crippen LogP) is 4.57. The maximum absolute atomic E-state index is 13.5. The zero-order chi connectivity index (χ0) is 27.0. The van der Waals surface area contributed by atoms with Crippen LogP contribution in [0.4, 0.5) is 15.9 Å². The number of thioether (sulfide) groups is 1. The zero-order valence-corrected chi connectivity index (χ0v) is 23.2. The van der Waals surface area contributed by atoms with Crippen molar-refractivity contribution in [3.63, 3.8) is 0 Å². The lowest BCUT2D eigenvalue weighted by Gasteiger charge is -2.38. The second-order valence-corrected chi connectivity index (χ2v) is 11.7. The Kier molecular flexibility index (Phi) is 7.59. The number of carbonyl (C=O) groups excluding carboxylic acids is 1. The average molecular weight is 552 g/mol. The van der Waals surface area contributed by atoms with Gasteiger partial charge in [0.25, 0.3) is 11.5 Å². The van der Waals surface area contributed by atoms with Gasteiger partial charge in [0, 0.05) is 50.5 Å². The van der Waals surface area contributed by atoms with E-state index in [1.54, 1.807) is 31.0 Å². The highest BCUT2D eigenvalue weighted by atomic mass is 32.2. The van der Waals surface area contributed by atoms with Gasteiger partial charge in [-0.2, -0.15) is 5.26 Å². The number of hydrogen-bond donors (Lipinski definition) is 0. The molecule has 198 valence electrons. The van der Waals surface area contributed by atoms with Crippen LogP contribution in [0.3, 0.4) is 0 Å². The fourth-order valence-corrected chi connectivity index (χ4v) is 7.07. The summed E-state index contributed by atoms with van der Waals surface area (Å²) in [6.07, 6.45) is 7.12. The van der Waals surface area contributed by atoms with Crippen molar-refractivity contribution in [3.8, 4) is 6.07 Å². The molecule has 1 aliphatic carbocycles. The van der Waals surface area contributed by atoms with Gasteiger partial charge in [0.15, 0.2) is 0 Å². The summed E-state index contributed by atoms with van der Waals surface area (Å²) < 4.78 is 15.5. The van der Waals surface area contributed by atoms with E-state index in [9.17, 15) is 19.2 Å². The molecule has 3 heterocycles. The molecule has 10 heteroatoms. The highest BCUT2D eigenvalue weighted by Gasteiger charge is 2.38. The topological polar surface area (TPSA) is 72.6 Å². The minimum Gasteiger partial charge on any atom is -0.368 e. The van der Waals surface area contributed by atoms with Crippen molar-refractivity contribution < 1.29 is 9.18 Å².